The van der Waals surface area contributed by atoms with Gasteiger partial charge in [0.15, 0.2) is 0 Å². The Labute approximate surface area is 192 Å². The molecule has 1 saturated carbocycles. The molecule has 7 heteroatoms. The summed E-state index contributed by atoms with van der Waals surface area (Å²) in [6, 6.07) is 14.5. The molecule has 0 N–H and O–H groups in total. The van der Waals surface area contributed by atoms with E-state index in [1.807, 2.05) is 35.2 Å². The largest absolute Gasteiger partial charge is 0.373 e. The molecule has 2 aromatic rings. The second kappa shape index (κ2) is 10.0. The van der Waals surface area contributed by atoms with Gasteiger partial charge in [0, 0.05) is 36.8 Å². The van der Waals surface area contributed by atoms with Gasteiger partial charge in [0.05, 0.1) is 22.8 Å². The highest BCUT2D eigenvalue weighted by Gasteiger charge is 2.33. The van der Waals surface area contributed by atoms with Crippen LogP contribution in [0.5, 0.6) is 0 Å². The summed E-state index contributed by atoms with van der Waals surface area (Å²) in [5.41, 5.74) is 1.19. The molecule has 0 spiro atoms. The smallest absolute Gasteiger partial charge is 0.254 e. The topological polar surface area (TPSA) is 49.9 Å². The van der Waals surface area contributed by atoms with E-state index in [9.17, 15) is 9.59 Å². The zero-order valence-electron chi connectivity index (χ0n) is 17.3. The van der Waals surface area contributed by atoms with Crippen LogP contribution in [0.25, 0.3) is 0 Å². The highest BCUT2D eigenvalue weighted by molar-refractivity contribution is 6.42. The molecular formula is C24H26Cl2N2O3. The summed E-state index contributed by atoms with van der Waals surface area (Å²) in [6.07, 6.45) is 4.07. The summed E-state index contributed by atoms with van der Waals surface area (Å²) in [5, 5.41) is 0.780. The Morgan fingerprint density at radius 2 is 1.74 bits per heavy atom. The van der Waals surface area contributed by atoms with E-state index in [0.717, 1.165) is 25.7 Å². The molecule has 1 aliphatic heterocycles. The fourth-order valence-corrected chi connectivity index (χ4v) is 4.70. The lowest BCUT2D eigenvalue weighted by molar-refractivity contribution is -0.0370. The normalized spacial score (nSPS) is 19.4. The molecule has 4 rings (SSSR count). The van der Waals surface area contributed by atoms with Gasteiger partial charge in [-0.3, -0.25) is 9.59 Å². The van der Waals surface area contributed by atoms with Crippen LogP contribution in [0.1, 0.15) is 46.4 Å². The third-order valence-corrected chi connectivity index (χ3v) is 6.78. The Balaban J connectivity index is 1.47. The zero-order chi connectivity index (χ0) is 21.8. The Morgan fingerprint density at radius 1 is 1.00 bits per heavy atom. The van der Waals surface area contributed by atoms with Crippen LogP contribution >= 0.6 is 23.2 Å². The predicted octanol–water partition coefficient (Wildman–Crippen LogP) is 4.92. The molecule has 2 fully saturated rings. The molecule has 0 radical (unpaired) electrons. The van der Waals surface area contributed by atoms with Crippen LogP contribution in [0, 0.1) is 0 Å². The molecule has 1 saturated heterocycles. The lowest BCUT2D eigenvalue weighted by Crippen LogP contribution is -2.52. The number of carbonyl (C=O) groups is 2. The van der Waals surface area contributed by atoms with Crippen LogP contribution < -0.4 is 0 Å². The Bertz CT molecular complexity index is 932. The lowest BCUT2D eigenvalue weighted by Gasteiger charge is -2.38. The molecule has 0 bridgehead atoms. The number of hydrogen-bond donors (Lipinski definition) is 0. The predicted molar refractivity (Wildman–Crippen MR) is 122 cm³/mol. The van der Waals surface area contributed by atoms with Crippen molar-refractivity contribution >= 4 is 35.0 Å². The van der Waals surface area contributed by atoms with Gasteiger partial charge in [0.25, 0.3) is 11.8 Å². The number of amides is 2. The molecule has 1 atom stereocenters. The van der Waals surface area contributed by atoms with E-state index in [4.69, 9.17) is 27.9 Å². The molecule has 31 heavy (non-hydrogen) atoms. The van der Waals surface area contributed by atoms with Crippen molar-refractivity contribution in [3.63, 3.8) is 0 Å². The van der Waals surface area contributed by atoms with Gasteiger partial charge >= 0.3 is 0 Å². The van der Waals surface area contributed by atoms with Gasteiger partial charge in [0.2, 0.25) is 0 Å². The first kappa shape index (κ1) is 22.1. The highest BCUT2D eigenvalue weighted by Crippen LogP contribution is 2.27. The summed E-state index contributed by atoms with van der Waals surface area (Å²) in [5.74, 6) is -0.0716. The van der Waals surface area contributed by atoms with Gasteiger partial charge in [-0.15, -0.1) is 0 Å². The van der Waals surface area contributed by atoms with Crippen LogP contribution in [0.2, 0.25) is 10.0 Å². The van der Waals surface area contributed by atoms with E-state index in [-0.39, 0.29) is 24.0 Å². The molecule has 2 aromatic carbocycles. The number of hydrogen-bond acceptors (Lipinski definition) is 3. The maximum Gasteiger partial charge on any atom is 0.254 e. The minimum atomic E-state index is -0.228. The van der Waals surface area contributed by atoms with E-state index in [0.29, 0.717) is 47.4 Å². The fraction of sp³-hybridized carbons (Fsp3) is 0.417. The summed E-state index contributed by atoms with van der Waals surface area (Å²) < 4.78 is 5.98. The number of carbonyl (C=O) groups excluding carboxylic acids is 2. The maximum absolute atomic E-state index is 13.3. The van der Waals surface area contributed by atoms with Crippen LogP contribution in [0.3, 0.4) is 0 Å². The summed E-state index contributed by atoms with van der Waals surface area (Å²) >= 11 is 12.1. The molecule has 1 unspecified atom stereocenters. The fourth-order valence-electron chi connectivity index (χ4n) is 4.41. The summed E-state index contributed by atoms with van der Waals surface area (Å²) in [7, 11) is 0. The average Bonchev–Trinajstić information content (AvgIpc) is 3.34. The van der Waals surface area contributed by atoms with Crippen molar-refractivity contribution in [2.45, 2.75) is 37.8 Å². The number of halogens is 2. The molecule has 164 valence electrons. The number of benzene rings is 2. The standard InChI is InChI=1S/C24H26Cl2N2O3/c25-21-11-10-18(14-22(21)26)23(29)27-12-13-31-20(15-27)16-28(19-8-4-5-9-19)24(30)17-6-2-1-3-7-17/h1-3,6-7,10-11,14,19-20H,4-5,8-9,12-13,15-16H2. The van der Waals surface area contributed by atoms with Gasteiger partial charge < -0.3 is 14.5 Å². The Hall–Kier alpha value is -2.08. The van der Waals surface area contributed by atoms with Gasteiger partial charge in [-0.25, -0.2) is 0 Å². The van der Waals surface area contributed by atoms with Gasteiger partial charge in [-0.1, -0.05) is 54.2 Å². The second-order valence-electron chi connectivity index (χ2n) is 8.13. The third-order valence-electron chi connectivity index (χ3n) is 6.04. The van der Waals surface area contributed by atoms with Crippen LogP contribution in [-0.4, -0.2) is 60.0 Å². The van der Waals surface area contributed by atoms with Crippen molar-refractivity contribution in [3.05, 3.63) is 69.7 Å². The van der Waals surface area contributed by atoms with Crippen molar-refractivity contribution in [2.24, 2.45) is 0 Å². The first-order chi connectivity index (χ1) is 15.0. The second-order valence-corrected chi connectivity index (χ2v) is 8.95. The molecule has 2 aliphatic rings. The van der Waals surface area contributed by atoms with Crippen molar-refractivity contribution in [1.82, 2.24) is 9.80 Å². The van der Waals surface area contributed by atoms with E-state index < -0.39 is 0 Å². The molecule has 5 nitrogen and oxygen atoms in total. The Morgan fingerprint density at radius 3 is 2.45 bits per heavy atom. The summed E-state index contributed by atoms with van der Waals surface area (Å²) in [6.45, 7) is 1.86. The first-order valence-corrected chi connectivity index (χ1v) is 11.5. The number of ether oxygens (including phenoxy) is 1. The number of morpholine rings is 1. The number of rotatable bonds is 5. The Kier molecular flexibility index (Phi) is 7.16. The van der Waals surface area contributed by atoms with Crippen LogP contribution in [-0.2, 0) is 4.74 Å². The highest BCUT2D eigenvalue weighted by atomic mass is 35.5. The molecule has 0 aromatic heterocycles. The van der Waals surface area contributed by atoms with E-state index in [2.05, 4.69) is 0 Å². The van der Waals surface area contributed by atoms with Crippen LogP contribution in [0.15, 0.2) is 48.5 Å². The quantitative estimate of drug-likeness (QED) is 0.635. The molecule has 1 aliphatic carbocycles. The average molecular weight is 461 g/mol. The van der Waals surface area contributed by atoms with E-state index in [1.165, 1.54) is 0 Å². The molecule has 1 heterocycles. The van der Waals surface area contributed by atoms with E-state index in [1.54, 1.807) is 23.1 Å². The minimum Gasteiger partial charge on any atom is -0.373 e. The van der Waals surface area contributed by atoms with Crippen molar-refractivity contribution < 1.29 is 14.3 Å². The molecule has 2 amide bonds. The van der Waals surface area contributed by atoms with Gasteiger partial charge in [-0.2, -0.15) is 0 Å². The maximum atomic E-state index is 13.3. The van der Waals surface area contributed by atoms with Crippen molar-refractivity contribution in [1.29, 1.82) is 0 Å². The lowest BCUT2D eigenvalue weighted by atomic mass is 10.1. The zero-order valence-corrected chi connectivity index (χ0v) is 18.8. The van der Waals surface area contributed by atoms with Gasteiger partial charge in [-0.05, 0) is 43.2 Å². The van der Waals surface area contributed by atoms with Crippen LogP contribution in [0.4, 0.5) is 0 Å². The molecular weight excluding hydrogens is 435 g/mol. The SMILES string of the molecule is O=C(c1ccc(Cl)c(Cl)c1)N1CCOC(CN(C(=O)c2ccccc2)C2CCCC2)C1. The van der Waals surface area contributed by atoms with E-state index >= 15 is 0 Å². The first-order valence-electron chi connectivity index (χ1n) is 10.7. The van der Waals surface area contributed by atoms with Crippen molar-refractivity contribution in [2.75, 3.05) is 26.2 Å². The monoisotopic (exact) mass is 460 g/mol. The summed E-state index contributed by atoms with van der Waals surface area (Å²) in [4.78, 5) is 30.0. The van der Waals surface area contributed by atoms with Gasteiger partial charge in [0.1, 0.15) is 0 Å². The number of nitrogens with zero attached hydrogens (tertiary/aromatic N) is 2. The van der Waals surface area contributed by atoms with Crippen molar-refractivity contribution in [3.8, 4) is 0 Å². The third kappa shape index (κ3) is 5.22. The minimum absolute atomic E-state index is 0.0315.